The minimum absolute atomic E-state index is 0.220. The molecule has 2 saturated carbocycles. The van der Waals surface area contributed by atoms with Crippen LogP contribution in [-0.4, -0.2) is 11.3 Å². The highest BCUT2D eigenvalue weighted by Crippen LogP contribution is 2.66. The summed E-state index contributed by atoms with van der Waals surface area (Å²) in [6.07, 6.45) is 11.3. The fourth-order valence-corrected chi connectivity index (χ4v) is 9.33. The van der Waals surface area contributed by atoms with Gasteiger partial charge in [0.05, 0.1) is 0 Å². The van der Waals surface area contributed by atoms with Crippen molar-refractivity contribution in [3.8, 4) is 0 Å². The molecule has 0 N–H and O–H groups in total. The molecule has 20 heavy (non-hydrogen) atoms. The van der Waals surface area contributed by atoms with E-state index in [1.165, 1.54) is 12.8 Å². The third-order valence-electron chi connectivity index (χ3n) is 4.40. The van der Waals surface area contributed by atoms with Gasteiger partial charge in [0.2, 0.25) is 7.37 Å². The van der Waals surface area contributed by atoms with Gasteiger partial charge in [-0.05, 0) is 25.7 Å². The van der Waals surface area contributed by atoms with E-state index in [0.717, 1.165) is 73.5 Å². The fourth-order valence-electron chi connectivity index (χ4n) is 3.39. The standard InChI is InChI=1S/C12H22O4P2S2/c13-17-15-19-20-16-18(14,11-7-3-1-4-8-11)12-9-5-2-6-10-12/h11-12H,1-10H2. The van der Waals surface area contributed by atoms with Gasteiger partial charge in [-0.15, -0.1) is 0 Å². The van der Waals surface area contributed by atoms with Gasteiger partial charge in [0, 0.05) is 11.3 Å². The first-order chi connectivity index (χ1) is 9.77. The normalized spacial score (nSPS) is 23.2. The second-order valence-corrected chi connectivity index (χ2v) is 10.8. The molecule has 0 aliphatic heterocycles. The van der Waals surface area contributed by atoms with Crippen LogP contribution in [0.5, 0.6) is 0 Å². The number of hydrogen-bond acceptors (Lipinski definition) is 6. The molecule has 0 heterocycles. The van der Waals surface area contributed by atoms with Crippen LogP contribution in [0, 0.1) is 0 Å². The summed E-state index contributed by atoms with van der Waals surface area (Å²) in [6.45, 7) is 0. The maximum atomic E-state index is 13.5. The van der Waals surface area contributed by atoms with Gasteiger partial charge in [-0.2, -0.15) is 0 Å². The van der Waals surface area contributed by atoms with E-state index in [1.54, 1.807) is 0 Å². The predicted octanol–water partition coefficient (Wildman–Crippen LogP) is 6.38. The molecule has 0 unspecified atom stereocenters. The van der Waals surface area contributed by atoms with E-state index < -0.39 is 7.37 Å². The number of hydrogen-bond donors (Lipinski definition) is 0. The monoisotopic (exact) mass is 356 g/mol. The second-order valence-electron chi connectivity index (χ2n) is 5.59. The van der Waals surface area contributed by atoms with Crippen molar-refractivity contribution in [2.75, 3.05) is 0 Å². The Morgan fingerprint density at radius 3 is 1.80 bits per heavy atom. The zero-order valence-corrected chi connectivity index (χ0v) is 15.0. The van der Waals surface area contributed by atoms with Gasteiger partial charge < -0.3 is 0 Å². The lowest BCUT2D eigenvalue weighted by molar-refractivity contribution is 0.406. The first-order valence-corrected chi connectivity index (χ1v) is 11.9. The zero-order valence-electron chi connectivity index (χ0n) is 11.6. The third kappa shape index (κ3) is 4.72. The van der Waals surface area contributed by atoms with E-state index in [4.69, 9.17) is 3.97 Å². The SMILES string of the molecule is O=POSSOP(=O)(C1CCCCC1)C1CCCCC1. The molecule has 0 amide bonds. The molecule has 0 aromatic rings. The van der Waals surface area contributed by atoms with Gasteiger partial charge in [-0.25, -0.2) is 12.5 Å². The average molecular weight is 356 g/mol. The molecule has 4 nitrogen and oxygen atoms in total. The lowest BCUT2D eigenvalue weighted by Crippen LogP contribution is -2.23. The van der Waals surface area contributed by atoms with Crippen molar-refractivity contribution >= 4 is 38.2 Å². The van der Waals surface area contributed by atoms with Crippen LogP contribution in [0.15, 0.2) is 0 Å². The Bertz CT molecular complexity index is 322. The van der Waals surface area contributed by atoms with Crippen molar-refractivity contribution < 1.29 is 17.1 Å². The van der Waals surface area contributed by atoms with Crippen LogP contribution in [-0.2, 0) is 17.1 Å². The Balaban J connectivity index is 2.00. The lowest BCUT2D eigenvalue weighted by Gasteiger charge is -2.36. The summed E-state index contributed by atoms with van der Waals surface area (Å²) in [7, 11) is -3.04. The van der Waals surface area contributed by atoms with Crippen LogP contribution >= 0.6 is 38.2 Å². The Hall–Kier alpha value is 0.950. The molecule has 0 radical (unpaired) electrons. The van der Waals surface area contributed by atoms with Gasteiger partial charge in [0.1, 0.15) is 22.1 Å². The Morgan fingerprint density at radius 2 is 1.35 bits per heavy atom. The van der Waals surface area contributed by atoms with Gasteiger partial charge in [0.25, 0.3) is 0 Å². The van der Waals surface area contributed by atoms with Crippen molar-refractivity contribution in [2.24, 2.45) is 0 Å². The quantitative estimate of drug-likeness (QED) is 0.228. The summed E-state index contributed by atoms with van der Waals surface area (Å²) >= 11 is 1.90. The van der Waals surface area contributed by atoms with Crippen molar-refractivity contribution in [3.05, 3.63) is 0 Å². The van der Waals surface area contributed by atoms with E-state index in [9.17, 15) is 9.13 Å². The molecule has 0 bridgehead atoms. The van der Waals surface area contributed by atoms with Crippen LogP contribution in [0.4, 0.5) is 0 Å². The number of rotatable bonds is 7. The largest absolute Gasteiger partial charge is 0.340 e. The van der Waals surface area contributed by atoms with E-state index >= 15 is 0 Å². The van der Waals surface area contributed by atoms with Crippen molar-refractivity contribution in [2.45, 2.75) is 75.5 Å². The van der Waals surface area contributed by atoms with Crippen LogP contribution in [0.3, 0.4) is 0 Å². The zero-order chi connectivity index (χ0) is 14.3. The highest BCUT2D eigenvalue weighted by Gasteiger charge is 2.43. The Kier molecular flexibility index (Phi) is 7.94. The summed E-state index contributed by atoms with van der Waals surface area (Å²) in [4.78, 5) is 0. The first-order valence-electron chi connectivity index (χ1n) is 7.38. The topological polar surface area (TPSA) is 52.6 Å². The Labute approximate surface area is 131 Å². The first kappa shape index (κ1) is 17.3. The fraction of sp³-hybridized carbons (Fsp3) is 1.00. The summed E-state index contributed by atoms with van der Waals surface area (Å²) in [5.74, 6) is 0. The molecule has 8 heteroatoms. The highest BCUT2D eigenvalue weighted by atomic mass is 33.1. The molecule has 0 aromatic carbocycles. The highest BCUT2D eigenvalue weighted by molar-refractivity contribution is 8.73. The predicted molar refractivity (Wildman–Crippen MR) is 86.3 cm³/mol. The van der Waals surface area contributed by atoms with E-state index in [1.807, 2.05) is 0 Å². The van der Waals surface area contributed by atoms with Crippen molar-refractivity contribution in [1.29, 1.82) is 0 Å². The van der Waals surface area contributed by atoms with Crippen molar-refractivity contribution in [3.63, 3.8) is 0 Å². The molecule has 116 valence electrons. The van der Waals surface area contributed by atoms with Crippen molar-refractivity contribution in [1.82, 2.24) is 0 Å². The van der Waals surface area contributed by atoms with Crippen LogP contribution < -0.4 is 0 Å². The van der Waals surface area contributed by atoms with E-state index in [0.29, 0.717) is 0 Å². The molecular formula is C12H22O4P2S2. The molecule has 2 rings (SSSR count). The molecule has 0 atom stereocenters. The summed E-state index contributed by atoms with van der Waals surface area (Å²) in [5, 5.41) is 0. The molecule has 2 aliphatic rings. The van der Waals surface area contributed by atoms with Gasteiger partial charge in [-0.1, -0.05) is 38.5 Å². The minimum Gasteiger partial charge on any atom is -0.291 e. The van der Waals surface area contributed by atoms with Gasteiger partial charge >= 0.3 is 8.69 Å². The Morgan fingerprint density at radius 1 is 0.850 bits per heavy atom. The van der Waals surface area contributed by atoms with Gasteiger partial charge in [0.15, 0.2) is 0 Å². The maximum Gasteiger partial charge on any atom is 0.340 e. The van der Waals surface area contributed by atoms with Crippen LogP contribution in [0.1, 0.15) is 64.2 Å². The summed E-state index contributed by atoms with van der Waals surface area (Å²) < 4.78 is 34.2. The van der Waals surface area contributed by atoms with Gasteiger partial charge in [-0.3, -0.25) is 4.57 Å². The van der Waals surface area contributed by atoms with E-state index in [-0.39, 0.29) is 20.0 Å². The molecule has 2 fully saturated rings. The third-order valence-corrected chi connectivity index (χ3v) is 10.5. The molecular weight excluding hydrogens is 334 g/mol. The molecule has 0 saturated heterocycles. The summed E-state index contributed by atoms with van der Waals surface area (Å²) in [6, 6.07) is 0. The minimum atomic E-state index is -2.65. The van der Waals surface area contributed by atoms with E-state index in [2.05, 4.69) is 3.97 Å². The van der Waals surface area contributed by atoms with Crippen LogP contribution in [0.2, 0.25) is 0 Å². The lowest BCUT2D eigenvalue weighted by atomic mass is 10.00. The molecule has 0 aromatic heterocycles. The maximum absolute atomic E-state index is 13.5. The van der Waals surface area contributed by atoms with Crippen LogP contribution in [0.25, 0.3) is 0 Å². The summed E-state index contributed by atoms with van der Waals surface area (Å²) in [5.41, 5.74) is 0.439. The average Bonchev–Trinajstić information content (AvgIpc) is 2.53. The molecule has 0 spiro atoms. The smallest absolute Gasteiger partial charge is 0.291 e. The molecule has 2 aliphatic carbocycles. The second kappa shape index (κ2) is 9.17.